The highest BCUT2D eigenvalue weighted by Crippen LogP contribution is 2.41. The van der Waals surface area contributed by atoms with Gasteiger partial charge < -0.3 is 0 Å². The molecule has 0 saturated heterocycles. The lowest BCUT2D eigenvalue weighted by molar-refractivity contribution is 1.08. The van der Waals surface area contributed by atoms with Crippen molar-refractivity contribution in [1.82, 2.24) is 15.0 Å². The molecule has 0 N–H and O–H groups in total. The van der Waals surface area contributed by atoms with Crippen molar-refractivity contribution in [3.8, 4) is 45.3 Å². The van der Waals surface area contributed by atoms with Crippen molar-refractivity contribution in [2.24, 2.45) is 0 Å². The van der Waals surface area contributed by atoms with Gasteiger partial charge in [0.15, 0.2) is 17.5 Å². The first-order valence-electron chi connectivity index (χ1n) is 16.4. The molecule has 0 fully saturated rings. The molecule has 0 bridgehead atoms. The number of aromatic nitrogens is 3. The Bertz CT molecular complexity index is 2890. The normalized spacial score (nSPS) is 11.7. The first kappa shape index (κ1) is 27.8. The molecule has 0 spiro atoms. The Balaban J connectivity index is 1.17. The van der Waals surface area contributed by atoms with E-state index < -0.39 is 0 Å². The zero-order chi connectivity index (χ0) is 32.3. The molecule has 0 aliphatic rings. The second-order valence-corrected chi connectivity index (χ2v) is 13.5. The number of nitrogens with zero attached hydrogens (tertiary/aromatic N) is 3. The summed E-state index contributed by atoms with van der Waals surface area (Å²) in [6, 6.07) is 58.1. The Hall–Kier alpha value is -6.23. The molecule has 0 atom stereocenters. The molecule has 2 aromatic heterocycles. The van der Waals surface area contributed by atoms with Crippen molar-refractivity contribution < 1.29 is 0 Å². The van der Waals surface area contributed by atoms with Gasteiger partial charge in [-0.3, -0.25) is 0 Å². The molecule has 4 heteroatoms. The average Bonchev–Trinajstić information content (AvgIpc) is 3.53. The highest BCUT2D eigenvalue weighted by Gasteiger charge is 2.17. The molecule has 3 nitrogen and oxygen atoms in total. The first-order valence-corrected chi connectivity index (χ1v) is 17.3. The summed E-state index contributed by atoms with van der Waals surface area (Å²) in [7, 11) is 0. The summed E-state index contributed by atoms with van der Waals surface area (Å²) in [5.41, 5.74) is 5.31. The molecule has 228 valence electrons. The van der Waals surface area contributed by atoms with Gasteiger partial charge >= 0.3 is 0 Å². The Kier molecular flexibility index (Phi) is 6.36. The molecule has 0 aliphatic heterocycles. The fourth-order valence-electron chi connectivity index (χ4n) is 7.14. The van der Waals surface area contributed by atoms with Gasteiger partial charge in [0.25, 0.3) is 0 Å². The molecule has 0 radical (unpaired) electrons. The van der Waals surface area contributed by atoms with E-state index in [2.05, 4.69) is 146 Å². The molecular weight excluding hydrogens is 615 g/mol. The van der Waals surface area contributed by atoms with Crippen molar-refractivity contribution in [3.63, 3.8) is 0 Å². The Morgan fingerprint density at radius 3 is 1.65 bits per heavy atom. The van der Waals surface area contributed by atoms with Gasteiger partial charge in [0, 0.05) is 36.9 Å². The molecule has 0 aliphatic carbocycles. The Labute approximate surface area is 286 Å². The molecular formula is C45H27N3S. The smallest absolute Gasteiger partial charge is 0.164 e. The molecule has 2 heterocycles. The minimum Gasteiger partial charge on any atom is -0.208 e. The van der Waals surface area contributed by atoms with Crippen LogP contribution in [-0.2, 0) is 0 Å². The summed E-state index contributed by atoms with van der Waals surface area (Å²) in [5.74, 6) is 1.98. The Morgan fingerprint density at radius 1 is 0.306 bits per heavy atom. The fraction of sp³-hybridized carbons (Fsp3) is 0. The van der Waals surface area contributed by atoms with Gasteiger partial charge in [-0.2, -0.15) is 0 Å². The lowest BCUT2D eigenvalue weighted by Crippen LogP contribution is -2.01. The minimum atomic E-state index is 0.656. The van der Waals surface area contributed by atoms with E-state index in [1.165, 1.54) is 42.1 Å². The third-order valence-corrected chi connectivity index (χ3v) is 10.6. The van der Waals surface area contributed by atoms with Gasteiger partial charge in [0.1, 0.15) is 0 Å². The second kappa shape index (κ2) is 11.2. The van der Waals surface area contributed by atoms with Crippen LogP contribution in [0, 0.1) is 0 Å². The predicted molar refractivity (Wildman–Crippen MR) is 207 cm³/mol. The standard InChI is InChI=1S/C45H27N3S/c1-2-12-29(13-3-1)43-46-44(37-21-8-16-28-11-6-7-17-33(28)37)48-45(47-43)38-22-10-19-35-34(18-9-20-36(35)38)32-23-24-41-39(26-32)40-25-30-14-4-5-15-31(30)27-42(40)49-41/h1-27H. The third-order valence-electron chi connectivity index (χ3n) is 9.51. The largest absolute Gasteiger partial charge is 0.208 e. The van der Waals surface area contributed by atoms with Crippen LogP contribution in [0.25, 0.3) is 97.8 Å². The van der Waals surface area contributed by atoms with Crippen LogP contribution in [0.1, 0.15) is 0 Å². The third kappa shape index (κ3) is 4.68. The van der Waals surface area contributed by atoms with Crippen LogP contribution in [0.3, 0.4) is 0 Å². The zero-order valence-corrected chi connectivity index (χ0v) is 27.2. The summed E-state index contributed by atoms with van der Waals surface area (Å²) in [4.78, 5) is 15.3. The van der Waals surface area contributed by atoms with Gasteiger partial charge in [-0.1, -0.05) is 140 Å². The quantitative estimate of drug-likeness (QED) is 0.192. The maximum atomic E-state index is 5.17. The van der Waals surface area contributed by atoms with E-state index in [9.17, 15) is 0 Å². The van der Waals surface area contributed by atoms with E-state index in [4.69, 9.17) is 15.0 Å². The predicted octanol–water partition coefficient (Wildman–Crippen LogP) is 12.4. The monoisotopic (exact) mass is 641 g/mol. The maximum Gasteiger partial charge on any atom is 0.164 e. The number of thiophene rings is 1. The van der Waals surface area contributed by atoms with Crippen LogP contribution in [0.2, 0.25) is 0 Å². The van der Waals surface area contributed by atoms with Crippen molar-refractivity contribution in [1.29, 1.82) is 0 Å². The van der Waals surface area contributed by atoms with Crippen LogP contribution in [0.5, 0.6) is 0 Å². The highest BCUT2D eigenvalue weighted by atomic mass is 32.1. The number of fused-ring (bicyclic) bond motifs is 6. The highest BCUT2D eigenvalue weighted by molar-refractivity contribution is 7.25. The molecule has 10 rings (SSSR count). The van der Waals surface area contributed by atoms with E-state index in [1.807, 2.05) is 29.5 Å². The van der Waals surface area contributed by atoms with Crippen molar-refractivity contribution in [3.05, 3.63) is 164 Å². The molecule has 0 saturated carbocycles. The zero-order valence-electron chi connectivity index (χ0n) is 26.3. The summed E-state index contributed by atoms with van der Waals surface area (Å²) in [6.45, 7) is 0. The van der Waals surface area contributed by atoms with Crippen LogP contribution < -0.4 is 0 Å². The number of hydrogen-bond donors (Lipinski definition) is 0. The molecule has 0 amide bonds. The van der Waals surface area contributed by atoms with Gasteiger partial charge in [-0.25, -0.2) is 15.0 Å². The van der Waals surface area contributed by atoms with E-state index in [0.717, 1.165) is 38.2 Å². The minimum absolute atomic E-state index is 0.656. The SMILES string of the molecule is c1ccc(-c2nc(-c3cccc4ccccc34)nc(-c3cccc4c(-c5ccc6sc7cc8ccccc8cc7c6c5)cccc34)n2)cc1. The van der Waals surface area contributed by atoms with Gasteiger partial charge in [-0.05, 0) is 67.7 Å². The van der Waals surface area contributed by atoms with Gasteiger partial charge in [-0.15, -0.1) is 11.3 Å². The summed E-state index contributed by atoms with van der Waals surface area (Å²) in [6.07, 6.45) is 0. The first-order chi connectivity index (χ1) is 24.3. The topological polar surface area (TPSA) is 38.7 Å². The molecule has 10 aromatic rings. The van der Waals surface area contributed by atoms with Crippen LogP contribution in [-0.4, -0.2) is 15.0 Å². The second-order valence-electron chi connectivity index (χ2n) is 12.4. The Morgan fingerprint density at radius 2 is 0.857 bits per heavy atom. The molecule has 8 aromatic carbocycles. The summed E-state index contributed by atoms with van der Waals surface area (Å²) < 4.78 is 2.62. The van der Waals surface area contributed by atoms with Crippen molar-refractivity contribution >= 4 is 63.8 Å². The van der Waals surface area contributed by atoms with Crippen molar-refractivity contribution in [2.45, 2.75) is 0 Å². The van der Waals surface area contributed by atoms with Crippen molar-refractivity contribution in [2.75, 3.05) is 0 Å². The van der Waals surface area contributed by atoms with E-state index in [1.54, 1.807) is 0 Å². The van der Waals surface area contributed by atoms with Crippen LogP contribution in [0.15, 0.2) is 164 Å². The molecule has 0 unspecified atom stereocenters. The number of benzene rings is 8. The van der Waals surface area contributed by atoms with Crippen LogP contribution >= 0.6 is 11.3 Å². The summed E-state index contributed by atoms with van der Waals surface area (Å²) >= 11 is 1.86. The summed E-state index contributed by atoms with van der Waals surface area (Å²) in [5, 5.41) is 9.69. The molecule has 49 heavy (non-hydrogen) atoms. The number of hydrogen-bond acceptors (Lipinski definition) is 4. The van der Waals surface area contributed by atoms with E-state index in [0.29, 0.717) is 17.5 Å². The lowest BCUT2D eigenvalue weighted by Gasteiger charge is -2.13. The fourth-order valence-corrected chi connectivity index (χ4v) is 8.26. The van der Waals surface area contributed by atoms with E-state index in [-0.39, 0.29) is 0 Å². The van der Waals surface area contributed by atoms with Gasteiger partial charge in [0.05, 0.1) is 0 Å². The average molecular weight is 642 g/mol. The maximum absolute atomic E-state index is 5.17. The van der Waals surface area contributed by atoms with Crippen LogP contribution in [0.4, 0.5) is 0 Å². The van der Waals surface area contributed by atoms with E-state index >= 15 is 0 Å². The number of rotatable bonds is 4. The lowest BCUT2D eigenvalue weighted by atomic mass is 9.94. The van der Waals surface area contributed by atoms with Gasteiger partial charge in [0.2, 0.25) is 0 Å².